The molecule has 1 saturated carbocycles. The van der Waals surface area contributed by atoms with Gasteiger partial charge < -0.3 is 5.73 Å². The zero-order valence-electron chi connectivity index (χ0n) is 8.75. The topological polar surface area (TPSA) is 26.0 Å². The van der Waals surface area contributed by atoms with Crippen molar-refractivity contribution in [1.82, 2.24) is 0 Å². The van der Waals surface area contributed by atoms with Gasteiger partial charge in [0.2, 0.25) is 0 Å². The van der Waals surface area contributed by atoms with Crippen LogP contribution in [0.1, 0.15) is 31.2 Å². The smallest absolute Gasteiger partial charge is 0.0247 e. The molecule has 1 aromatic rings. The maximum atomic E-state index is 5.88. The van der Waals surface area contributed by atoms with Gasteiger partial charge in [-0.15, -0.1) is 0 Å². The van der Waals surface area contributed by atoms with Crippen LogP contribution in [0.15, 0.2) is 34.3 Å². The third kappa shape index (κ3) is 2.93. The summed E-state index contributed by atoms with van der Waals surface area (Å²) in [4.78, 5) is 0. The summed E-state index contributed by atoms with van der Waals surface area (Å²) in [5, 5.41) is 0. The minimum atomic E-state index is 0.418. The van der Waals surface area contributed by atoms with Gasteiger partial charge in [-0.05, 0) is 37.3 Å². The van der Waals surface area contributed by atoms with E-state index in [0.29, 0.717) is 6.04 Å². The highest BCUT2D eigenvalue weighted by molar-refractivity contribution is 9.10. The molecule has 0 bridgehead atoms. The number of hydrogen-bond acceptors (Lipinski definition) is 1. The Morgan fingerprint density at radius 3 is 2.53 bits per heavy atom. The largest absolute Gasteiger partial charge is 0.328 e. The van der Waals surface area contributed by atoms with Crippen molar-refractivity contribution in [2.24, 2.45) is 5.73 Å². The van der Waals surface area contributed by atoms with E-state index in [1.807, 2.05) is 6.07 Å². The molecule has 2 rings (SSSR count). The van der Waals surface area contributed by atoms with Crippen molar-refractivity contribution in [2.75, 3.05) is 0 Å². The Hall–Kier alpha value is -0.600. The summed E-state index contributed by atoms with van der Waals surface area (Å²) in [6.45, 7) is 0. The fourth-order valence-corrected chi connectivity index (χ4v) is 2.37. The Balaban J connectivity index is 2.13. The summed E-state index contributed by atoms with van der Waals surface area (Å²) in [6, 6.07) is 8.77. The highest BCUT2D eigenvalue weighted by Gasteiger charge is 2.12. The van der Waals surface area contributed by atoms with E-state index in [4.69, 9.17) is 5.73 Å². The molecule has 0 heterocycles. The second-order valence-corrected chi connectivity index (χ2v) is 5.02. The molecule has 0 unspecified atom stereocenters. The predicted octanol–water partition coefficient (Wildman–Crippen LogP) is 3.73. The summed E-state index contributed by atoms with van der Waals surface area (Å²) in [7, 11) is 0. The van der Waals surface area contributed by atoms with E-state index >= 15 is 0 Å². The van der Waals surface area contributed by atoms with Gasteiger partial charge in [-0.3, -0.25) is 0 Å². The van der Waals surface area contributed by atoms with Crippen molar-refractivity contribution >= 4 is 22.0 Å². The molecule has 1 aliphatic rings. The highest BCUT2D eigenvalue weighted by Crippen LogP contribution is 2.26. The van der Waals surface area contributed by atoms with Crippen LogP contribution in [0.2, 0.25) is 0 Å². The standard InChI is InChI=1S/C13H16BrN/c14-13-4-2-1-3-11(13)9-10-5-7-12(15)8-6-10/h1-4,9,12H,5-8,15H2. The van der Waals surface area contributed by atoms with E-state index in [1.165, 1.54) is 15.6 Å². The van der Waals surface area contributed by atoms with Crippen LogP contribution in [-0.4, -0.2) is 6.04 Å². The Kier molecular flexibility index (Phi) is 3.60. The zero-order valence-corrected chi connectivity index (χ0v) is 10.3. The molecule has 1 nitrogen and oxygen atoms in total. The molecule has 15 heavy (non-hydrogen) atoms. The van der Waals surface area contributed by atoms with Crippen molar-refractivity contribution in [3.63, 3.8) is 0 Å². The van der Waals surface area contributed by atoms with E-state index in [9.17, 15) is 0 Å². The summed E-state index contributed by atoms with van der Waals surface area (Å²) >= 11 is 3.57. The summed E-state index contributed by atoms with van der Waals surface area (Å²) in [5.41, 5.74) is 8.70. The van der Waals surface area contributed by atoms with Gasteiger partial charge in [-0.25, -0.2) is 0 Å². The second kappa shape index (κ2) is 4.95. The second-order valence-electron chi connectivity index (χ2n) is 4.16. The van der Waals surface area contributed by atoms with Crippen molar-refractivity contribution in [3.05, 3.63) is 39.9 Å². The average molecular weight is 266 g/mol. The Morgan fingerprint density at radius 1 is 1.20 bits per heavy atom. The number of hydrogen-bond donors (Lipinski definition) is 1. The van der Waals surface area contributed by atoms with Gasteiger partial charge in [-0.2, -0.15) is 0 Å². The van der Waals surface area contributed by atoms with Crippen LogP contribution in [0.25, 0.3) is 6.08 Å². The van der Waals surface area contributed by atoms with Crippen LogP contribution in [0.4, 0.5) is 0 Å². The first-order valence-corrected chi connectivity index (χ1v) is 6.24. The molecule has 1 fully saturated rings. The lowest BCUT2D eigenvalue weighted by atomic mass is 9.90. The van der Waals surface area contributed by atoms with Gasteiger partial charge in [0, 0.05) is 10.5 Å². The molecule has 0 spiro atoms. The Labute approximate surface area is 99.5 Å². The first kappa shape index (κ1) is 10.9. The molecule has 1 aliphatic carbocycles. The lowest BCUT2D eigenvalue weighted by Gasteiger charge is -2.20. The molecule has 80 valence electrons. The number of nitrogens with two attached hydrogens (primary N) is 1. The maximum absolute atomic E-state index is 5.88. The van der Waals surface area contributed by atoms with Crippen molar-refractivity contribution in [1.29, 1.82) is 0 Å². The van der Waals surface area contributed by atoms with Gasteiger partial charge in [0.1, 0.15) is 0 Å². The van der Waals surface area contributed by atoms with Gasteiger partial charge in [0.05, 0.1) is 0 Å². The highest BCUT2D eigenvalue weighted by atomic mass is 79.9. The van der Waals surface area contributed by atoms with Crippen molar-refractivity contribution in [2.45, 2.75) is 31.7 Å². The molecular formula is C13H16BrN. The number of benzene rings is 1. The molecule has 0 radical (unpaired) electrons. The van der Waals surface area contributed by atoms with Crippen LogP contribution >= 0.6 is 15.9 Å². The Morgan fingerprint density at radius 2 is 1.87 bits per heavy atom. The average Bonchev–Trinajstić information content (AvgIpc) is 2.25. The maximum Gasteiger partial charge on any atom is 0.0247 e. The third-order valence-electron chi connectivity index (χ3n) is 2.94. The summed E-state index contributed by atoms with van der Waals surface area (Å²) < 4.78 is 1.17. The molecule has 0 aromatic heterocycles. The van der Waals surface area contributed by atoms with E-state index in [-0.39, 0.29) is 0 Å². The molecule has 1 aromatic carbocycles. The molecular weight excluding hydrogens is 250 g/mol. The van der Waals surface area contributed by atoms with Crippen LogP contribution < -0.4 is 5.73 Å². The third-order valence-corrected chi connectivity index (χ3v) is 3.66. The molecule has 0 saturated heterocycles. The lowest BCUT2D eigenvalue weighted by Crippen LogP contribution is -2.23. The summed E-state index contributed by atoms with van der Waals surface area (Å²) in [6.07, 6.45) is 6.88. The fourth-order valence-electron chi connectivity index (χ4n) is 1.97. The quantitative estimate of drug-likeness (QED) is 0.823. The molecule has 0 amide bonds. The number of halogens is 1. The lowest BCUT2D eigenvalue weighted by molar-refractivity contribution is 0.514. The minimum Gasteiger partial charge on any atom is -0.328 e. The fraction of sp³-hybridized carbons (Fsp3) is 0.385. The monoisotopic (exact) mass is 265 g/mol. The van der Waals surface area contributed by atoms with Gasteiger partial charge in [-0.1, -0.05) is 45.8 Å². The van der Waals surface area contributed by atoms with E-state index in [1.54, 1.807) is 0 Å². The van der Waals surface area contributed by atoms with Gasteiger partial charge in [0.15, 0.2) is 0 Å². The normalized spacial score (nSPS) is 21.5. The van der Waals surface area contributed by atoms with Crippen LogP contribution in [0.5, 0.6) is 0 Å². The SMILES string of the molecule is NC1CCC(=Cc2ccccc2Br)CC1. The molecule has 0 aliphatic heterocycles. The number of allylic oxidation sites excluding steroid dienone is 1. The van der Waals surface area contributed by atoms with Crippen molar-refractivity contribution < 1.29 is 0 Å². The zero-order chi connectivity index (χ0) is 10.7. The van der Waals surface area contributed by atoms with Gasteiger partial charge in [0.25, 0.3) is 0 Å². The van der Waals surface area contributed by atoms with Crippen LogP contribution in [-0.2, 0) is 0 Å². The molecule has 2 heteroatoms. The van der Waals surface area contributed by atoms with Crippen molar-refractivity contribution in [3.8, 4) is 0 Å². The predicted molar refractivity (Wildman–Crippen MR) is 68.6 cm³/mol. The number of rotatable bonds is 1. The van der Waals surface area contributed by atoms with E-state index < -0.39 is 0 Å². The van der Waals surface area contributed by atoms with Gasteiger partial charge >= 0.3 is 0 Å². The van der Waals surface area contributed by atoms with Crippen LogP contribution in [0, 0.1) is 0 Å². The first-order chi connectivity index (χ1) is 7.25. The Bertz CT molecular complexity index is 361. The molecule has 0 atom stereocenters. The minimum absolute atomic E-state index is 0.418. The van der Waals surface area contributed by atoms with E-state index in [0.717, 1.165) is 25.7 Å². The first-order valence-electron chi connectivity index (χ1n) is 5.45. The molecule has 2 N–H and O–H groups in total. The van der Waals surface area contributed by atoms with E-state index in [2.05, 4.69) is 40.2 Å². The summed E-state index contributed by atoms with van der Waals surface area (Å²) in [5.74, 6) is 0. The van der Waals surface area contributed by atoms with Crippen LogP contribution in [0.3, 0.4) is 0 Å².